The topological polar surface area (TPSA) is 44.5 Å². The quantitative estimate of drug-likeness (QED) is 0.770. The van der Waals surface area contributed by atoms with Crippen LogP contribution in [-0.4, -0.2) is 13.2 Å². The van der Waals surface area contributed by atoms with Crippen molar-refractivity contribution >= 4 is 0 Å². The van der Waals surface area contributed by atoms with Gasteiger partial charge in [0.15, 0.2) is 11.5 Å². The molecular formula is C15H25NO2. The number of benzene rings is 1. The van der Waals surface area contributed by atoms with Gasteiger partial charge in [0.25, 0.3) is 0 Å². The fourth-order valence-corrected chi connectivity index (χ4v) is 1.80. The van der Waals surface area contributed by atoms with E-state index in [9.17, 15) is 0 Å². The molecule has 0 fully saturated rings. The standard InChI is InChI=1S/C15H25NO2/c1-4-12(5-2)11-18-14-8-7-13(10-16)9-15(14)17-6-3/h7-9,12H,4-6,10-11,16H2,1-3H3. The zero-order valence-corrected chi connectivity index (χ0v) is 11.7. The Balaban J connectivity index is 2.74. The van der Waals surface area contributed by atoms with Crippen molar-refractivity contribution in [3.05, 3.63) is 23.8 Å². The van der Waals surface area contributed by atoms with Crippen molar-refractivity contribution in [2.75, 3.05) is 13.2 Å². The minimum absolute atomic E-state index is 0.521. The minimum atomic E-state index is 0.521. The molecule has 18 heavy (non-hydrogen) atoms. The summed E-state index contributed by atoms with van der Waals surface area (Å²) in [5.41, 5.74) is 6.70. The van der Waals surface area contributed by atoms with Gasteiger partial charge in [-0.25, -0.2) is 0 Å². The molecule has 0 bridgehead atoms. The number of ether oxygens (including phenoxy) is 2. The maximum absolute atomic E-state index is 5.87. The SMILES string of the molecule is CCOc1cc(CN)ccc1OCC(CC)CC. The van der Waals surface area contributed by atoms with Gasteiger partial charge in [0.1, 0.15) is 0 Å². The molecule has 2 N–H and O–H groups in total. The van der Waals surface area contributed by atoms with E-state index in [2.05, 4.69) is 13.8 Å². The fraction of sp³-hybridized carbons (Fsp3) is 0.600. The van der Waals surface area contributed by atoms with Gasteiger partial charge in [0, 0.05) is 6.54 Å². The lowest BCUT2D eigenvalue weighted by molar-refractivity contribution is 0.225. The summed E-state index contributed by atoms with van der Waals surface area (Å²) in [5.74, 6) is 2.22. The normalized spacial score (nSPS) is 10.7. The Morgan fingerprint density at radius 2 is 1.78 bits per heavy atom. The third-order valence-corrected chi connectivity index (χ3v) is 3.17. The molecule has 0 aromatic heterocycles. The van der Waals surface area contributed by atoms with E-state index in [4.69, 9.17) is 15.2 Å². The van der Waals surface area contributed by atoms with Crippen molar-refractivity contribution in [2.24, 2.45) is 11.7 Å². The highest BCUT2D eigenvalue weighted by Gasteiger charge is 2.09. The van der Waals surface area contributed by atoms with E-state index in [-0.39, 0.29) is 0 Å². The molecule has 1 rings (SSSR count). The van der Waals surface area contributed by atoms with Gasteiger partial charge in [-0.1, -0.05) is 32.8 Å². The second kappa shape index (κ2) is 7.98. The van der Waals surface area contributed by atoms with Crippen LogP contribution in [0.4, 0.5) is 0 Å². The van der Waals surface area contributed by atoms with Crippen LogP contribution < -0.4 is 15.2 Å². The molecule has 1 aromatic rings. The van der Waals surface area contributed by atoms with Gasteiger partial charge >= 0.3 is 0 Å². The molecule has 0 spiro atoms. The Kier molecular flexibility index (Phi) is 6.58. The summed E-state index contributed by atoms with van der Waals surface area (Å²) in [6, 6.07) is 5.91. The zero-order valence-electron chi connectivity index (χ0n) is 11.7. The number of rotatable bonds is 8. The molecule has 0 atom stereocenters. The first-order valence-corrected chi connectivity index (χ1v) is 6.83. The molecule has 0 aliphatic carbocycles. The summed E-state index contributed by atoms with van der Waals surface area (Å²) in [4.78, 5) is 0. The first kappa shape index (κ1) is 14.8. The van der Waals surface area contributed by atoms with Gasteiger partial charge in [0.05, 0.1) is 13.2 Å². The maximum Gasteiger partial charge on any atom is 0.161 e. The van der Waals surface area contributed by atoms with Crippen molar-refractivity contribution in [3.63, 3.8) is 0 Å². The van der Waals surface area contributed by atoms with Gasteiger partial charge in [-0.05, 0) is 30.5 Å². The first-order chi connectivity index (χ1) is 8.74. The Labute approximate surface area is 110 Å². The smallest absolute Gasteiger partial charge is 0.161 e. The average molecular weight is 251 g/mol. The third kappa shape index (κ3) is 4.22. The van der Waals surface area contributed by atoms with E-state index in [0.717, 1.165) is 36.5 Å². The van der Waals surface area contributed by atoms with Crippen molar-refractivity contribution in [1.82, 2.24) is 0 Å². The van der Waals surface area contributed by atoms with E-state index in [1.54, 1.807) is 0 Å². The summed E-state index contributed by atoms with van der Waals surface area (Å²) in [6.45, 7) is 8.26. The molecule has 0 amide bonds. The number of hydrogen-bond acceptors (Lipinski definition) is 3. The van der Waals surface area contributed by atoms with Gasteiger partial charge in [0.2, 0.25) is 0 Å². The summed E-state index contributed by atoms with van der Waals surface area (Å²) >= 11 is 0. The zero-order chi connectivity index (χ0) is 13.4. The van der Waals surface area contributed by atoms with E-state index in [1.807, 2.05) is 25.1 Å². The van der Waals surface area contributed by atoms with Crippen molar-refractivity contribution < 1.29 is 9.47 Å². The van der Waals surface area contributed by atoms with E-state index < -0.39 is 0 Å². The lowest BCUT2D eigenvalue weighted by Crippen LogP contribution is -2.11. The second-order valence-electron chi connectivity index (χ2n) is 4.41. The van der Waals surface area contributed by atoms with Crippen LogP contribution in [0.15, 0.2) is 18.2 Å². The largest absolute Gasteiger partial charge is 0.490 e. The predicted molar refractivity (Wildman–Crippen MR) is 75.1 cm³/mol. The Bertz CT molecular complexity index is 348. The molecule has 1 aromatic carbocycles. The summed E-state index contributed by atoms with van der Waals surface area (Å²) in [7, 11) is 0. The number of nitrogens with two attached hydrogens (primary N) is 1. The lowest BCUT2D eigenvalue weighted by atomic mass is 10.1. The molecule has 3 heteroatoms. The van der Waals surface area contributed by atoms with Crippen LogP contribution >= 0.6 is 0 Å². The van der Waals surface area contributed by atoms with Crippen LogP contribution in [0.1, 0.15) is 39.2 Å². The van der Waals surface area contributed by atoms with Gasteiger partial charge in [-0.15, -0.1) is 0 Å². The molecule has 102 valence electrons. The average Bonchev–Trinajstić information content (AvgIpc) is 2.41. The van der Waals surface area contributed by atoms with Crippen LogP contribution in [0.2, 0.25) is 0 Å². The highest BCUT2D eigenvalue weighted by Crippen LogP contribution is 2.29. The van der Waals surface area contributed by atoms with E-state index in [0.29, 0.717) is 19.1 Å². The van der Waals surface area contributed by atoms with Crippen LogP contribution in [-0.2, 0) is 6.54 Å². The molecule has 0 unspecified atom stereocenters. The predicted octanol–water partition coefficient (Wildman–Crippen LogP) is 3.36. The van der Waals surface area contributed by atoms with Crippen LogP contribution in [0, 0.1) is 5.92 Å². The summed E-state index contributed by atoms with van der Waals surface area (Å²) in [5, 5.41) is 0. The van der Waals surface area contributed by atoms with Gasteiger partial charge in [-0.3, -0.25) is 0 Å². The lowest BCUT2D eigenvalue weighted by Gasteiger charge is -2.16. The number of hydrogen-bond donors (Lipinski definition) is 1. The van der Waals surface area contributed by atoms with Crippen molar-refractivity contribution in [3.8, 4) is 11.5 Å². The molecule has 0 aliphatic rings. The van der Waals surface area contributed by atoms with Crippen molar-refractivity contribution in [2.45, 2.75) is 40.2 Å². The highest BCUT2D eigenvalue weighted by atomic mass is 16.5. The third-order valence-electron chi connectivity index (χ3n) is 3.17. The van der Waals surface area contributed by atoms with Gasteiger partial charge < -0.3 is 15.2 Å². The van der Waals surface area contributed by atoms with Crippen molar-refractivity contribution in [1.29, 1.82) is 0 Å². The summed E-state index contributed by atoms with van der Waals surface area (Å²) in [6.07, 6.45) is 2.28. The first-order valence-electron chi connectivity index (χ1n) is 6.83. The van der Waals surface area contributed by atoms with Gasteiger partial charge in [-0.2, -0.15) is 0 Å². The van der Waals surface area contributed by atoms with E-state index >= 15 is 0 Å². The Morgan fingerprint density at radius 3 is 2.33 bits per heavy atom. The Hall–Kier alpha value is -1.22. The molecule has 0 saturated heterocycles. The fourth-order valence-electron chi connectivity index (χ4n) is 1.80. The highest BCUT2D eigenvalue weighted by molar-refractivity contribution is 5.43. The Morgan fingerprint density at radius 1 is 1.06 bits per heavy atom. The maximum atomic E-state index is 5.87. The molecule has 0 heterocycles. The second-order valence-corrected chi connectivity index (χ2v) is 4.41. The van der Waals surface area contributed by atoms with Crippen LogP contribution in [0.3, 0.4) is 0 Å². The van der Waals surface area contributed by atoms with E-state index in [1.165, 1.54) is 0 Å². The molecule has 0 radical (unpaired) electrons. The monoisotopic (exact) mass is 251 g/mol. The van der Waals surface area contributed by atoms with Crippen LogP contribution in [0.5, 0.6) is 11.5 Å². The molecule has 0 saturated carbocycles. The molecule has 3 nitrogen and oxygen atoms in total. The van der Waals surface area contributed by atoms with Crippen LogP contribution in [0.25, 0.3) is 0 Å². The molecular weight excluding hydrogens is 226 g/mol. The summed E-state index contributed by atoms with van der Waals surface area (Å²) < 4.78 is 11.5. The molecule has 0 aliphatic heterocycles. The minimum Gasteiger partial charge on any atom is -0.490 e.